The van der Waals surface area contributed by atoms with E-state index in [4.69, 9.17) is 33.2 Å². The number of halogens is 1. The fraction of sp³-hybridized carbons (Fsp3) is 0. The first-order valence-electron chi connectivity index (χ1n) is 6.04. The van der Waals surface area contributed by atoms with Crippen molar-refractivity contribution in [2.24, 2.45) is 27.2 Å². The monoisotopic (exact) mass is 320 g/mol. The number of guanidine groups is 2. The van der Waals surface area contributed by atoms with Crippen molar-refractivity contribution < 1.29 is 9.21 Å². The summed E-state index contributed by atoms with van der Waals surface area (Å²) in [5, 5.41) is 2.94. The van der Waals surface area contributed by atoms with Crippen LogP contribution in [0.15, 0.2) is 51.0 Å². The molecule has 1 heterocycles. The number of nitrogens with one attached hydrogen (secondary N) is 1. The summed E-state index contributed by atoms with van der Waals surface area (Å²) in [5.74, 6) is -0.609. The van der Waals surface area contributed by atoms with Crippen molar-refractivity contribution in [3.8, 4) is 0 Å². The maximum Gasteiger partial charge on any atom is 0.291 e. The van der Waals surface area contributed by atoms with Crippen LogP contribution in [0.2, 0.25) is 5.02 Å². The fourth-order valence-corrected chi connectivity index (χ4v) is 1.72. The summed E-state index contributed by atoms with van der Waals surface area (Å²) in [6, 6.07) is 7.81. The van der Waals surface area contributed by atoms with Crippen molar-refractivity contribution in [2.75, 3.05) is 5.32 Å². The lowest BCUT2D eigenvalue weighted by Crippen LogP contribution is -2.26. The molecule has 9 heteroatoms. The molecule has 0 spiro atoms. The molecule has 1 amide bonds. The Morgan fingerprint density at radius 1 is 1.23 bits per heavy atom. The molecule has 8 nitrogen and oxygen atoms in total. The minimum Gasteiger partial charge on any atom is -0.459 e. The van der Waals surface area contributed by atoms with E-state index in [0.717, 1.165) is 0 Å². The second kappa shape index (κ2) is 6.64. The number of amides is 1. The Labute approximate surface area is 130 Å². The number of furan rings is 1. The van der Waals surface area contributed by atoms with Gasteiger partial charge in [0.25, 0.3) is 5.91 Å². The van der Waals surface area contributed by atoms with Gasteiger partial charge in [-0.15, -0.1) is 0 Å². The molecule has 1 aromatic heterocycles. The average molecular weight is 321 g/mol. The van der Waals surface area contributed by atoms with E-state index in [0.29, 0.717) is 16.4 Å². The Bertz CT molecular complexity index is 735. The summed E-state index contributed by atoms with van der Waals surface area (Å²) in [5.41, 5.74) is 16.7. The molecule has 7 N–H and O–H groups in total. The van der Waals surface area contributed by atoms with E-state index in [1.54, 1.807) is 18.2 Å². The third-order valence-corrected chi connectivity index (χ3v) is 2.76. The molecular formula is C13H13ClN6O2. The van der Waals surface area contributed by atoms with E-state index >= 15 is 0 Å². The quantitative estimate of drug-likeness (QED) is 0.499. The summed E-state index contributed by atoms with van der Waals surface area (Å²) in [6.07, 6.45) is 1.40. The average Bonchev–Trinajstić information content (AvgIpc) is 2.95. The van der Waals surface area contributed by atoms with Crippen LogP contribution in [-0.4, -0.2) is 17.8 Å². The molecule has 114 valence electrons. The second-order valence-electron chi connectivity index (χ2n) is 4.10. The summed E-state index contributed by atoms with van der Waals surface area (Å²) < 4.78 is 5.00. The number of carbonyl (C=O) groups is 1. The number of hydrogen-bond acceptors (Lipinski definition) is 3. The smallest absolute Gasteiger partial charge is 0.291 e. The van der Waals surface area contributed by atoms with Crippen LogP contribution in [0, 0.1) is 0 Å². The number of aliphatic imine (C=N–C) groups is 2. The van der Waals surface area contributed by atoms with Crippen LogP contribution in [0.5, 0.6) is 0 Å². The predicted molar refractivity (Wildman–Crippen MR) is 85.2 cm³/mol. The van der Waals surface area contributed by atoms with Crippen LogP contribution in [0.25, 0.3) is 0 Å². The maximum absolute atomic E-state index is 11.9. The minimum atomic E-state index is -0.440. The van der Waals surface area contributed by atoms with Crippen LogP contribution in [0.3, 0.4) is 0 Å². The van der Waals surface area contributed by atoms with E-state index in [1.807, 2.05) is 0 Å². The predicted octanol–water partition coefficient (Wildman–Crippen LogP) is 1.40. The van der Waals surface area contributed by atoms with E-state index in [2.05, 4.69) is 15.3 Å². The molecule has 0 radical (unpaired) electrons. The lowest BCUT2D eigenvalue weighted by molar-refractivity contribution is 0.0996. The van der Waals surface area contributed by atoms with Gasteiger partial charge in [0.1, 0.15) is 0 Å². The van der Waals surface area contributed by atoms with Gasteiger partial charge in [-0.25, -0.2) is 4.99 Å². The third-order valence-electron chi connectivity index (χ3n) is 2.43. The molecule has 0 saturated heterocycles. The van der Waals surface area contributed by atoms with Gasteiger partial charge in [-0.05, 0) is 30.3 Å². The van der Waals surface area contributed by atoms with E-state index in [1.165, 1.54) is 18.4 Å². The van der Waals surface area contributed by atoms with Gasteiger partial charge in [0.2, 0.25) is 5.96 Å². The molecule has 0 aliphatic carbocycles. The number of nitrogens with zero attached hydrogens (tertiary/aromatic N) is 2. The largest absolute Gasteiger partial charge is 0.459 e. The fourth-order valence-electron chi connectivity index (χ4n) is 1.56. The summed E-state index contributed by atoms with van der Waals surface area (Å²) >= 11 is 6.03. The van der Waals surface area contributed by atoms with Crippen molar-refractivity contribution in [1.82, 2.24) is 0 Å². The maximum atomic E-state index is 11.9. The molecule has 0 aliphatic rings. The highest BCUT2D eigenvalue weighted by Gasteiger charge is 2.11. The topological polar surface area (TPSA) is 145 Å². The van der Waals surface area contributed by atoms with Crippen LogP contribution in [0.1, 0.15) is 10.6 Å². The molecule has 0 aliphatic heterocycles. The highest BCUT2D eigenvalue weighted by atomic mass is 35.5. The molecule has 1 aromatic carbocycles. The van der Waals surface area contributed by atoms with Crippen molar-refractivity contribution in [1.29, 1.82) is 0 Å². The number of carbonyl (C=O) groups excluding carboxylic acids is 1. The Morgan fingerprint density at radius 2 is 2.00 bits per heavy atom. The first-order valence-corrected chi connectivity index (χ1v) is 6.41. The van der Waals surface area contributed by atoms with E-state index < -0.39 is 5.91 Å². The van der Waals surface area contributed by atoms with Crippen LogP contribution in [-0.2, 0) is 0 Å². The molecule has 0 unspecified atom stereocenters. The second-order valence-corrected chi connectivity index (χ2v) is 4.51. The van der Waals surface area contributed by atoms with Crippen LogP contribution in [0.4, 0.5) is 11.4 Å². The van der Waals surface area contributed by atoms with Crippen molar-refractivity contribution in [2.45, 2.75) is 0 Å². The lowest BCUT2D eigenvalue weighted by atomic mass is 10.2. The first kappa shape index (κ1) is 15.4. The lowest BCUT2D eigenvalue weighted by Gasteiger charge is -2.06. The third kappa shape index (κ3) is 4.00. The van der Waals surface area contributed by atoms with Crippen molar-refractivity contribution in [3.63, 3.8) is 0 Å². The van der Waals surface area contributed by atoms with Crippen LogP contribution < -0.4 is 22.5 Å². The van der Waals surface area contributed by atoms with Gasteiger partial charge in [0.05, 0.1) is 22.7 Å². The molecule has 0 atom stereocenters. The molecule has 0 bridgehead atoms. The summed E-state index contributed by atoms with van der Waals surface area (Å²) in [4.78, 5) is 19.5. The number of rotatable bonds is 3. The molecule has 2 rings (SSSR count). The van der Waals surface area contributed by atoms with Gasteiger partial charge in [-0.3, -0.25) is 4.79 Å². The van der Waals surface area contributed by atoms with Gasteiger partial charge >= 0.3 is 0 Å². The Balaban J connectivity index is 2.24. The zero-order valence-electron chi connectivity index (χ0n) is 11.3. The number of anilines is 1. The molecule has 0 saturated carbocycles. The number of benzene rings is 1. The van der Waals surface area contributed by atoms with Crippen molar-refractivity contribution >= 4 is 40.8 Å². The highest BCUT2D eigenvalue weighted by Crippen LogP contribution is 2.27. The SMILES string of the molecule is NC(N)=NC(N)=Nc1ccc(Cl)c(NC(=O)c2ccco2)c1. The summed E-state index contributed by atoms with van der Waals surface area (Å²) in [6.45, 7) is 0. The van der Waals surface area contributed by atoms with Gasteiger partial charge in [0, 0.05) is 0 Å². The standard InChI is InChI=1S/C13H13ClN6O2/c14-8-4-3-7(18-13(17)20-12(15)16)6-9(8)19-11(21)10-2-1-5-22-10/h1-6H,(H,19,21)(H6,15,16,17,18,20). The minimum absolute atomic E-state index is 0.120. The van der Waals surface area contributed by atoms with Gasteiger partial charge in [0.15, 0.2) is 11.7 Å². The van der Waals surface area contributed by atoms with Gasteiger partial charge < -0.3 is 26.9 Å². The highest BCUT2D eigenvalue weighted by molar-refractivity contribution is 6.34. The van der Waals surface area contributed by atoms with Crippen LogP contribution >= 0.6 is 11.6 Å². The van der Waals surface area contributed by atoms with Crippen molar-refractivity contribution in [3.05, 3.63) is 47.4 Å². The number of hydrogen-bond donors (Lipinski definition) is 4. The number of nitrogens with two attached hydrogens (primary N) is 3. The molecule has 22 heavy (non-hydrogen) atoms. The first-order chi connectivity index (χ1) is 10.5. The zero-order valence-corrected chi connectivity index (χ0v) is 12.0. The normalized spacial score (nSPS) is 11.0. The Morgan fingerprint density at radius 3 is 2.64 bits per heavy atom. The van der Waals surface area contributed by atoms with E-state index in [-0.39, 0.29) is 17.7 Å². The molecule has 0 fully saturated rings. The molecular weight excluding hydrogens is 308 g/mol. The van der Waals surface area contributed by atoms with Gasteiger partial charge in [-0.2, -0.15) is 4.99 Å². The zero-order chi connectivity index (χ0) is 16.1. The Hall–Kier alpha value is -3.00. The van der Waals surface area contributed by atoms with E-state index in [9.17, 15) is 4.79 Å². The molecule has 2 aromatic rings. The Kier molecular flexibility index (Phi) is 4.64. The summed E-state index contributed by atoms with van der Waals surface area (Å²) in [7, 11) is 0. The van der Waals surface area contributed by atoms with Gasteiger partial charge in [-0.1, -0.05) is 11.6 Å².